The molecule has 5 nitrogen and oxygen atoms in total. The molecule has 2 atom stereocenters. The SMILES string of the molecule is CCC(C)C(C)NC(=O)c1cnn(CCCN)c1C. The summed E-state index contributed by atoms with van der Waals surface area (Å²) in [4.78, 5) is 12.2. The predicted octanol–water partition coefficient (Wildman–Crippen LogP) is 1.70. The average Bonchev–Trinajstić information content (AvgIpc) is 2.76. The lowest BCUT2D eigenvalue weighted by Crippen LogP contribution is -2.37. The molecule has 0 saturated heterocycles. The smallest absolute Gasteiger partial charge is 0.254 e. The summed E-state index contributed by atoms with van der Waals surface area (Å²) in [5.41, 5.74) is 7.05. The Morgan fingerprint density at radius 1 is 1.53 bits per heavy atom. The van der Waals surface area contributed by atoms with E-state index in [2.05, 4.69) is 24.3 Å². The molecular formula is C14H26N4O. The number of nitrogens with zero attached hydrogens (tertiary/aromatic N) is 2. The van der Waals surface area contributed by atoms with Crippen molar-refractivity contribution in [3.05, 3.63) is 17.5 Å². The topological polar surface area (TPSA) is 72.9 Å². The summed E-state index contributed by atoms with van der Waals surface area (Å²) < 4.78 is 1.84. The molecule has 5 heteroatoms. The van der Waals surface area contributed by atoms with Crippen molar-refractivity contribution in [2.45, 2.75) is 53.1 Å². The largest absolute Gasteiger partial charge is 0.349 e. The zero-order valence-corrected chi connectivity index (χ0v) is 12.4. The van der Waals surface area contributed by atoms with Crippen LogP contribution < -0.4 is 11.1 Å². The summed E-state index contributed by atoms with van der Waals surface area (Å²) in [5.74, 6) is 0.431. The molecule has 1 amide bonds. The van der Waals surface area contributed by atoms with Crippen LogP contribution in [0, 0.1) is 12.8 Å². The van der Waals surface area contributed by atoms with Gasteiger partial charge in [-0.1, -0.05) is 20.3 Å². The van der Waals surface area contributed by atoms with Crippen molar-refractivity contribution >= 4 is 5.91 Å². The Bertz CT molecular complexity index is 414. The lowest BCUT2D eigenvalue weighted by molar-refractivity contribution is 0.0927. The van der Waals surface area contributed by atoms with Gasteiger partial charge in [0.05, 0.1) is 11.8 Å². The van der Waals surface area contributed by atoms with Crippen LogP contribution in [0.1, 0.15) is 49.7 Å². The van der Waals surface area contributed by atoms with Crippen molar-refractivity contribution in [2.75, 3.05) is 6.54 Å². The van der Waals surface area contributed by atoms with E-state index in [9.17, 15) is 4.79 Å². The molecule has 1 aromatic rings. The van der Waals surface area contributed by atoms with Gasteiger partial charge < -0.3 is 11.1 Å². The third kappa shape index (κ3) is 4.06. The molecule has 1 rings (SSSR count). The molecule has 0 spiro atoms. The minimum Gasteiger partial charge on any atom is -0.349 e. The number of aryl methyl sites for hydroxylation is 1. The molecule has 0 aliphatic heterocycles. The van der Waals surface area contributed by atoms with Crippen LogP contribution in [0.5, 0.6) is 0 Å². The zero-order valence-electron chi connectivity index (χ0n) is 12.4. The van der Waals surface area contributed by atoms with Crippen LogP contribution in [0.4, 0.5) is 0 Å². The second-order valence-electron chi connectivity index (χ2n) is 5.16. The Balaban J connectivity index is 2.69. The Morgan fingerprint density at radius 2 is 2.21 bits per heavy atom. The van der Waals surface area contributed by atoms with E-state index in [-0.39, 0.29) is 11.9 Å². The van der Waals surface area contributed by atoms with E-state index in [0.717, 1.165) is 25.1 Å². The summed E-state index contributed by atoms with van der Waals surface area (Å²) in [5, 5.41) is 7.29. The molecular weight excluding hydrogens is 240 g/mol. The van der Waals surface area contributed by atoms with Crippen molar-refractivity contribution in [1.29, 1.82) is 0 Å². The fourth-order valence-corrected chi connectivity index (χ4v) is 1.92. The van der Waals surface area contributed by atoms with Gasteiger partial charge in [-0.3, -0.25) is 9.48 Å². The lowest BCUT2D eigenvalue weighted by Gasteiger charge is -2.19. The normalized spacial score (nSPS) is 14.2. The highest BCUT2D eigenvalue weighted by Crippen LogP contribution is 2.11. The van der Waals surface area contributed by atoms with Crippen LogP contribution >= 0.6 is 0 Å². The van der Waals surface area contributed by atoms with Crippen molar-refractivity contribution in [1.82, 2.24) is 15.1 Å². The van der Waals surface area contributed by atoms with Gasteiger partial charge in [0.25, 0.3) is 5.91 Å². The van der Waals surface area contributed by atoms with Crippen LogP contribution in [-0.2, 0) is 6.54 Å². The first-order chi connectivity index (χ1) is 9.01. The van der Waals surface area contributed by atoms with E-state index >= 15 is 0 Å². The number of nitrogens with two attached hydrogens (primary N) is 1. The third-order valence-corrected chi connectivity index (χ3v) is 3.78. The molecule has 0 radical (unpaired) electrons. The number of amides is 1. The van der Waals surface area contributed by atoms with E-state index in [4.69, 9.17) is 5.73 Å². The summed E-state index contributed by atoms with van der Waals surface area (Å²) in [6.45, 7) is 9.63. The molecule has 108 valence electrons. The average molecular weight is 266 g/mol. The number of rotatable bonds is 7. The zero-order chi connectivity index (χ0) is 14.4. The Labute approximate surface area is 115 Å². The lowest BCUT2D eigenvalue weighted by atomic mass is 10.0. The van der Waals surface area contributed by atoms with Gasteiger partial charge >= 0.3 is 0 Å². The number of hydrogen-bond acceptors (Lipinski definition) is 3. The number of carbonyl (C=O) groups is 1. The van der Waals surface area contributed by atoms with Gasteiger partial charge in [0.1, 0.15) is 0 Å². The highest BCUT2D eigenvalue weighted by Gasteiger charge is 2.18. The van der Waals surface area contributed by atoms with Crippen molar-refractivity contribution in [3.63, 3.8) is 0 Å². The minimum absolute atomic E-state index is 0.0377. The quantitative estimate of drug-likeness (QED) is 0.789. The molecule has 0 aromatic carbocycles. The predicted molar refractivity (Wildman–Crippen MR) is 77.0 cm³/mol. The van der Waals surface area contributed by atoms with Crippen LogP contribution in [0.25, 0.3) is 0 Å². The van der Waals surface area contributed by atoms with Gasteiger partial charge in [-0.15, -0.1) is 0 Å². The fourth-order valence-electron chi connectivity index (χ4n) is 1.92. The van der Waals surface area contributed by atoms with Crippen molar-refractivity contribution in [2.24, 2.45) is 11.7 Å². The molecule has 1 aromatic heterocycles. The molecule has 0 aliphatic carbocycles. The molecule has 0 aliphatic rings. The van der Waals surface area contributed by atoms with Crippen LogP contribution in [-0.4, -0.2) is 28.3 Å². The van der Waals surface area contributed by atoms with E-state index in [1.54, 1.807) is 6.20 Å². The Kier molecular flexibility index (Phi) is 6.02. The van der Waals surface area contributed by atoms with Gasteiger partial charge in [-0.2, -0.15) is 5.10 Å². The molecule has 0 fully saturated rings. The second-order valence-corrected chi connectivity index (χ2v) is 5.16. The summed E-state index contributed by atoms with van der Waals surface area (Å²) in [6.07, 6.45) is 3.56. The van der Waals surface area contributed by atoms with Gasteiger partial charge in [0, 0.05) is 18.3 Å². The van der Waals surface area contributed by atoms with E-state index in [1.807, 2.05) is 18.5 Å². The maximum absolute atomic E-state index is 12.2. The van der Waals surface area contributed by atoms with E-state index in [0.29, 0.717) is 18.0 Å². The van der Waals surface area contributed by atoms with Crippen LogP contribution in [0.2, 0.25) is 0 Å². The van der Waals surface area contributed by atoms with Crippen molar-refractivity contribution < 1.29 is 4.79 Å². The highest BCUT2D eigenvalue weighted by molar-refractivity contribution is 5.95. The molecule has 2 unspecified atom stereocenters. The monoisotopic (exact) mass is 266 g/mol. The number of nitrogens with one attached hydrogen (secondary N) is 1. The summed E-state index contributed by atoms with van der Waals surface area (Å²) in [7, 11) is 0. The first-order valence-corrected chi connectivity index (χ1v) is 7.04. The molecule has 1 heterocycles. The maximum Gasteiger partial charge on any atom is 0.254 e. The Morgan fingerprint density at radius 3 is 2.79 bits per heavy atom. The van der Waals surface area contributed by atoms with Crippen LogP contribution in [0.15, 0.2) is 6.20 Å². The minimum atomic E-state index is -0.0377. The van der Waals surface area contributed by atoms with E-state index < -0.39 is 0 Å². The first kappa shape index (κ1) is 15.7. The van der Waals surface area contributed by atoms with Gasteiger partial charge in [0.2, 0.25) is 0 Å². The Hall–Kier alpha value is -1.36. The summed E-state index contributed by atoms with van der Waals surface area (Å²) in [6, 6.07) is 0.171. The maximum atomic E-state index is 12.2. The third-order valence-electron chi connectivity index (χ3n) is 3.78. The molecule has 0 saturated carbocycles. The number of carbonyl (C=O) groups excluding carboxylic acids is 1. The van der Waals surface area contributed by atoms with Gasteiger partial charge in [-0.25, -0.2) is 0 Å². The molecule has 19 heavy (non-hydrogen) atoms. The number of aromatic nitrogens is 2. The highest BCUT2D eigenvalue weighted by atomic mass is 16.1. The summed E-state index contributed by atoms with van der Waals surface area (Å²) >= 11 is 0. The van der Waals surface area contributed by atoms with Gasteiger partial charge in [0.15, 0.2) is 0 Å². The first-order valence-electron chi connectivity index (χ1n) is 7.04. The van der Waals surface area contributed by atoms with Crippen molar-refractivity contribution in [3.8, 4) is 0 Å². The van der Waals surface area contributed by atoms with Gasteiger partial charge in [-0.05, 0) is 32.7 Å². The molecule has 0 bridgehead atoms. The molecule has 3 N–H and O–H groups in total. The fraction of sp³-hybridized carbons (Fsp3) is 0.714. The number of hydrogen-bond donors (Lipinski definition) is 2. The van der Waals surface area contributed by atoms with E-state index in [1.165, 1.54) is 0 Å². The second kappa shape index (κ2) is 7.28. The van der Waals surface area contributed by atoms with Crippen LogP contribution in [0.3, 0.4) is 0 Å². The standard InChI is InChI=1S/C14H26N4O/c1-5-10(2)11(3)17-14(19)13-9-16-18(12(13)4)8-6-7-15/h9-11H,5-8,15H2,1-4H3,(H,17,19).